The van der Waals surface area contributed by atoms with Crippen LogP contribution in [0.5, 0.6) is 0 Å². The molecule has 0 aromatic carbocycles. The minimum Gasteiger partial charge on any atom is -0.480 e. The summed E-state index contributed by atoms with van der Waals surface area (Å²) in [5.41, 5.74) is 9.43. The summed E-state index contributed by atoms with van der Waals surface area (Å²) >= 11 is 0. The Bertz CT molecular complexity index is 184. The minimum atomic E-state index is -1.26. The molecule has 0 aromatic heterocycles. The van der Waals surface area contributed by atoms with Crippen molar-refractivity contribution in [2.24, 2.45) is 11.5 Å². The Morgan fingerprint density at radius 1 is 1.50 bits per heavy atom. The predicted molar refractivity (Wildman–Crippen MR) is 62.2 cm³/mol. The highest BCUT2D eigenvalue weighted by Crippen LogP contribution is 2.02. The molecule has 0 saturated carbocycles. The molecule has 0 heterocycles. The van der Waals surface area contributed by atoms with Crippen LogP contribution >= 0.6 is 24.8 Å². The fourth-order valence-electron chi connectivity index (χ4n) is 0.635. The Balaban J connectivity index is -0.000000605. The van der Waals surface area contributed by atoms with E-state index in [0.29, 0.717) is 6.54 Å². The number of nitrogens with two attached hydrogens (primary N) is 2. The van der Waals surface area contributed by atoms with E-state index in [-0.39, 0.29) is 24.8 Å². The standard InChI is InChI=1S/C8H16N2O2.2ClH/c1-8(10,7(11)12)5-3-2-4-6-9;;/h3,5H,2,4,6,9-10H2,1H3,(H,11,12);2*1H/b5-3-;;. The van der Waals surface area contributed by atoms with Crippen LogP contribution in [0.4, 0.5) is 0 Å². The van der Waals surface area contributed by atoms with Gasteiger partial charge in [-0.2, -0.15) is 0 Å². The molecule has 1 atom stereocenters. The lowest BCUT2D eigenvalue weighted by atomic mass is 10.0. The molecule has 5 N–H and O–H groups in total. The molecule has 86 valence electrons. The zero-order chi connectivity index (χ0) is 9.61. The first-order valence-electron chi connectivity index (χ1n) is 3.90. The number of hydrogen-bond acceptors (Lipinski definition) is 3. The average Bonchev–Trinajstić information content (AvgIpc) is 1.98. The van der Waals surface area contributed by atoms with E-state index in [1.165, 1.54) is 13.0 Å². The topological polar surface area (TPSA) is 89.3 Å². The summed E-state index contributed by atoms with van der Waals surface area (Å²) in [4.78, 5) is 10.5. The van der Waals surface area contributed by atoms with Crippen molar-refractivity contribution in [2.45, 2.75) is 25.3 Å². The summed E-state index contributed by atoms with van der Waals surface area (Å²) in [6.45, 7) is 2.06. The van der Waals surface area contributed by atoms with Crippen LogP contribution in [0.3, 0.4) is 0 Å². The molecule has 0 rings (SSSR count). The lowest BCUT2D eigenvalue weighted by Crippen LogP contribution is -2.42. The highest BCUT2D eigenvalue weighted by Gasteiger charge is 2.23. The zero-order valence-electron chi connectivity index (χ0n) is 8.10. The van der Waals surface area contributed by atoms with E-state index in [9.17, 15) is 4.79 Å². The summed E-state index contributed by atoms with van der Waals surface area (Å²) < 4.78 is 0. The van der Waals surface area contributed by atoms with E-state index in [1.807, 2.05) is 0 Å². The number of rotatable bonds is 5. The molecule has 0 spiro atoms. The van der Waals surface area contributed by atoms with Crippen LogP contribution in [-0.2, 0) is 4.79 Å². The fraction of sp³-hybridized carbons (Fsp3) is 0.625. The van der Waals surface area contributed by atoms with Crippen LogP contribution in [0.25, 0.3) is 0 Å². The van der Waals surface area contributed by atoms with E-state index in [0.717, 1.165) is 12.8 Å². The molecule has 0 saturated heterocycles. The SMILES string of the molecule is CC(N)(/C=C\CCCN)C(=O)O.Cl.Cl. The van der Waals surface area contributed by atoms with Crippen LogP contribution in [0, 0.1) is 0 Å². The second kappa shape index (κ2) is 9.27. The van der Waals surface area contributed by atoms with Gasteiger partial charge in [-0.1, -0.05) is 12.2 Å². The maximum Gasteiger partial charge on any atom is 0.327 e. The van der Waals surface area contributed by atoms with E-state index in [1.54, 1.807) is 6.08 Å². The molecule has 14 heavy (non-hydrogen) atoms. The van der Waals surface area contributed by atoms with Gasteiger partial charge >= 0.3 is 5.97 Å². The van der Waals surface area contributed by atoms with Gasteiger partial charge in [-0.05, 0) is 26.3 Å². The molecular weight excluding hydrogens is 227 g/mol. The van der Waals surface area contributed by atoms with Crippen LogP contribution < -0.4 is 11.5 Å². The molecule has 0 aliphatic heterocycles. The normalized spacial score (nSPS) is 13.9. The van der Waals surface area contributed by atoms with E-state index in [2.05, 4.69) is 0 Å². The molecule has 6 heteroatoms. The highest BCUT2D eigenvalue weighted by molar-refractivity contribution is 5.85. The van der Waals surface area contributed by atoms with Crippen molar-refractivity contribution in [3.8, 4) is 0 Å². The van der Waals surface area contributed by atoms with Crippen molar-refractivity contribution in [2.75, 3.05) is 6.54 Å². The van der Waals surface area contributed by atoms with Gasteiger partial charge in [0, 0.05) is 0 Å². The Kier molecular flexibility index (Phi) is 12.8. The lowest BCUT2D eigenvalue weighted by molar-refractivity contribution is -0.140. The number of allylic oxidation sites excluding steroid dienone is 1. The molecule has 0 aliphatic carbocycles. The van der Waals surface area contributed by atoms with Crippen molar-refractivity contribution in [3.63, 3.8) is 0 Å². The summed E-state index contributed by atoms with van der Waals surface area (Å²) in [6, 6.07) is 0. The average molecular weight is 245 g/mol. The van der Waals surface area contributed by atoms with Crippen LogP contribution in [0.2, 0.25) is 0 Å². The summed E-state index contributed by atoms with van der Waals surface area (Å²) in [5, 5.41) is 8.60. The molecule has 0 fully saturated rings. The monoisotopic (exact) mass is 244 g/mol. The molecule has 0 radical (unpaired) electrons. The summed E-state index contributed by atoms with van der Waals surface area (Å²) in [7, 11) is 0. The van der Waals surface area contributed by atoms with Gasteiger partial charge in [-0.3, -0.25) is 0 Å². The van der Waals surface area contributed by atoms with Gasteiger partial charge in [-0.15, -0.1) is 24.8 Å². The zero-order valence-corrected chi connectivity index (χ0v) is 9.74. The fourth-order valence-corrected chi connectivity index (χ4v) is 0.635. The van der Waals surface area contributed by atoms with Gasteiger partial charge < -0.3 is 16.6 Å². The number of aliphatic carboxylic acids is 1. The number of unbranched alkanes of at least 4 members (excludes halogenated alkanes) is 1. The Morgan fingerprint density at radius 2 is 2.00 bits per heavy atom. The van der Waals surface area contributed by atoms with E-state index < -0.39 is 11.5 Å². The summed E-state index contributed by atoms with van der Waals surface area (Å²) in [5.74, 6) is -1.02. The molecule has 0 bridgehead atoms. The third kappa shape index (κ3) is 8.31. The lowest BCUT2D eigenvalue weighted by Gasteiger charge is -2.12. The van der Waals surface area contributed by atoms with Gasteiger partial charge in [-0.25, -0.2) is 4.79 Å². The second-order valence-corrected chi connectivity index (χ2v) is 2.92. The van der Waals surface area contributed by atoms with Gasteiger partial charge in [0.25, 0.3) is 0 Å². The second-order valence-electron chi connectivity index (χ2n) is 2.92. The summed E-state index contributed by atoms with van der Waals surface area (Å²) in [6.07, 6.45) is 4.87. The third-order valence-electron chi connectivity index (χ3n) is 1.50. The quantitative estimate of drug-likeness (QED) is 0.496. The van der Waals surface area contributed by atoms with Crippen LogP contribution in [0.1, 0.15) is 19.8 Å². The van der Waals surface area contributed by atoms with Gasteiger partial charge in [0.15, 0.2) is 0 Å². The smallest absolute Gasteiger partial charge is 0.327 e. The molecule has 0 aromatic rings. The van der Waals surface area contributed by atoms with Crippen molar-refractivity contribution in [1.29, 1.82) is 0 Å². The van der Waals surface area contributed by atoms with Crippen molar-refractivity contribution < 1.29 is 9.90 Å². The first-order valence-corrected chi connectivity index (χ1v) is 3.90. The minimum absolute atomic E-state index is 0. The number of carboxylic acids is 1. The number of hydrogen-bond donors (Lipinski definition) is 3. The van der Waals surface area contributed by atoms with Crippen molar-refractivity contribution in [3.05, 3.63) is 12.2 Å². The maximum atomic E-state index is 10.5. The number of halogens is 2. The molecule has 0 amide bonds. The number of carboxylic acid groups (broad SMARTS) is 1. The number of carbonyl (C=O) groups is 1. The van der Waals surface area contributed by atoms with Gasteiger partial charge in [0.1, 0.15) is 5.54 Å². The third-order valence-corrected chi connectivity index (χ3v) is 1.50. The van der Waals surface area contributed by atoms with Crippen LogP contribution in [-0.4, -0.2) is 23.2 Å². The van der Waals surface area contributed by atoms with Crippen molar-refractivity contribution >= 4 is 30.8 Å². The van der Waals surface area contributed by atoms with Gasteiger partial charge in [0.2, 0.25) is 0 Å². The van der Waals surface area contributed by atoms with Gasteiger partial charge in [0.05, 0.1) is 0 Å². The molecule has 1 unspecified atom stereocenters. The molecule has 4 nitrogen and oxygen atoms in total. The maximum absolute atomic E-state index is 10.5. The Hall–Kier alpha value is -0.290. The Labute approximate surface area is 96.5 Å². The first kappa shape index (κ1) is 19.3. The van der Waals surface area contributed by atoms with Crippen molar-refractivity contribution in [1.82, 2.24) is 0 Å². The first-order chi connectivity index (χ1) is 5.50. The highest BCUT2D eigenvalue weighted by atomic mass is 35.5. The molecular formula is C8H18Cl2N2O2. The van der Waals surface area contributed by atoms with E-state index in [4.69, 9.17) is 16.6 Å². The molecule has 0 aliphatic rings. The Morgan fingerprint density at radius 3 is 2.36 bits per heavy atom. The van der Waals surface area contributed by atoms with Crippen LogP contribution in [0.15, 0.2) is 12.2 Å². The largest absolute Gasteiger partial charge is 0.480 e. The predicted octanol–water partition coefficient (Wildman–Crippen LogP) is 0.927. The van der Waals surface area contributed by atoms with E-state index >= 15 is 0 Å².